The van der Waals surface area contributed by atoms with E-state index < -0.39 is 6.04 Å². The number of rotatable bonds is 6. The molecule has 2 fully saturated rings. The van der Waals surface area contributed by atoms with Gasteiger partial charge in [-0.1, -0.05) is 19.3 Å². The van der Waals surface area contributed by atoms with E-state index in [2.05, 4.69) is 10.6 Å². The lowest BCUT2D eigenvalue weighted by atomic mass is 9.87. The molecule has 2 amide bonds. The van der Waals surface area contributed by atoms with Crippen molar-refractivity contribution in [2.75, 3.05) is 26.7 Å². The normalized spacial score (nSPS) is 24.3. The molecule has 2 aliphatic rings. The van der Waals surface area contributed by atoms with Gasteiger partial charge in [-0.25, -0.2) is 0 Å². The van der Waals surface area contributed by atoms with Crippen molar-refractivity contribution in [3.63, 3.8) is 0 Å². The fourth-order valence-corrected chi connectivity index (χ4v) is 4.01. The molecule has 2 N–H and O–H groups in total. The van der Waals surface area contributed by atoms with E-state index in [1.807, 2.05) is 18.9 Å². The molecule has 1 aliphatic heterocycles. The van der Waals surface area contributed by atoms with Crippen LogP contribution in [-0.4, -0.2) is 49.4 Å². The smallest absolute Gasteiger partial charge is 0.244 e. The third-order valence-electron chi connectivity index (χ3n) is 5.27. The largest absolute Gasteiger partial charge is 0.345 e. The number of nitrogens with one attached hydrogen (secondary N) is 2. The molecule has 0 bridgehead atoms. The molecule has 0 radical (unpaired) electrons. The number of carbonyl (C=O) groups is 2. The van der Waals surface area contributed by atoms with E-state index in [4.69, 9.17) is 0 Å². The van der Waals surface area contributed by atoms with Gasteiger partial charge in [0.2, 0.25) is 11.8 Å². The van der Waals surface area contributed by atoms with Gasteiger partial charge in [0, 0.05) is 19.5 Å². The average molecular weight is 323 g/mol. The molecule has 1 heterocycles. The summed E-state index contributed by atoms with van der Waals surface area (Å²) in [6, 6.07) is -0.403. The third kappa shape index (κ3) is 5.79. The Labute approximate surface area is 140 Å². The second kappa shape index (κ2) is 9.26. The Balaban J connectivity index is 1.76. The molecular formula is C18H33N3O2. The van der Waals surface area contributed by atoms with E-state index in [9.17, 15) is 9.59 Å². The Morgan fingerprint density at radius 2 is 1.78 bits per heavy atom. The van der Waals surface area contributed by atoms with Crippen LogP contribution in [0.3, 0.4) is 0 Å². The molecule has 0 aromatic carbocycles. The molecule has 2 atom stereocenters. The lowest BCUT2D eigenvalue weighted by Gasteiger charge is -2.34. The van der Waals surface area contributed by atoms with Gasteiger partial charge in [0.05, 0.1) is 0 Å². The van der Waals surface area contributed by atoms with Crippen molar-refractivity contribution in [3.8, 4) is 0 Å². The van der Waals surface area contributed by atoms with Crippen molar-refractivity contribution in [2.45, 2.75) is 64.3 Å². The van der Waals surface area contributed by atoms with Crippen molar-refractivity contribution in [3.05, 3.63) is 0 Å². The zero-order valence-electron chi connectivity index (χ0n) is 14.8. The molecule has 23 heavy (non-hydrogen) atoms. The summed E-state index contributed by atoms with van der Waals surface area (Å²) in [6.45, 7) is 4.40. The predicted octanol–water partition coefficient (Wildman–Crippen LogP) is 1.92. The van der Waals surface area contributed by atoms with Crippen LogP contribution in [0.5, 0.6) is 0 Å². The maximum atomic E-state index is 12.6. The van der Waals surface area contributed by atoms with Crippen LogP contribution in [0.15, 0.2) is 0 Å². The van der Waals surface area contributed by atoms with Crippen molar-refractivity contribution >= 4 is 11.8 Å². The molecule has 0 aromatic heterocycles. The Bertz CT molecular complexity index is 392. The summed E-state index contributed by atoms with van der Waals surface area (Å²) in [6.07, 6.45) is 8.92. The molecule has 0 aromatic rings. The second-order valence-corrected chi connectivity index (χ2v) is 7.35. The van der Waals surface area contributed by atoms with Crippen LogP contribution < -0.4 is 10.6 Å². The molecule has 132 valence electrons. The molecule has 1 saturated heterocycles. The minimum atomic E-state index is -0.403. The van der Waals surface area contributed by atoms with E-state index >= 15 is 0 Å². The van der Waals surface area contributed by atoms with Crippen LogP contribution in [0.2, 0.25) is 0 Å². The zero-order valence-corrected chi connectivity index (χ0v) is 14.8. The van der Waals surface area contributed by atoms with Gasteiger partial charge in [-0.15, -0.1) is 0 Å². The standard InChI is InChI=1S/C18H33N3O2/c1-14(20-17(22)11-15-7-4-3-5-8-15)18(23)21-10-6-9-16(13-21)12-19-2/h14-16,19H,3-13H2,1-2H3,(H,20,22). The topological polar surface area (TPSA) is 61.4 Å². The van der Waals surface area contributed by atoms with Gasteiger partial charge in [0.1, 0.15) is 6.04 Å². The molecular weight excluding hydrogens is 290 g/mol. The number of piperidine rings is 1. The van der Waals surface area contributed by atoms with Crippen LogP contribution in [0.25, 0.3) is 0 Å². The van der Waals surface area contributed by atoms with E-state index in [0.717, 1.165) is 38.9 Å². The lowest BCUT2D eigenvalue weighted by Crippen LogP contribution is -2.51. The number of hydrogen-bond donors (Lipinski definition) is 2. The van der Waals surface area contributed by atoms with Gasteiger partial charge < -0.3 is 15.5 Å². The Kier molecular flexibility index (Phi) is 7.34. The lowest BCUT2D eigenvalue weighted by molar-refractivity contribution is -0.137. The predicted molar refractivity (Wildman–Crippen MR) is 92.0 cm³/mol. The van der Waals surface area contributed by atoms with Crippen LogP contribution >= 0.6 is 0 Å². The number of amides is 2. The van der Waals surface area contributed by atoms with Gasteiger partial charge in [0.25, 0.3) is 0 Å². The summed E-state index contributed by atoms with van der Waals surface area (Å²) in [5.74, 6) is 1.16. The second-order valence-electron chi connectivity index (χ2n) is 7.35. The molecule has 1 saturated carbocycles. The van der Waals surface area contributed by atoms with Crippen molar-refractivity contribution in [1.29, 1.82) is 0 Å². The molecule has 1 aliphatic carbocycles. The maximum Gasteiger partial charge on any atom is 0.244 e. The van der Waals surface area contributed by atoms with E-state index in [1.165, 1.54) is 25.7 Å². The van der Waals surface area contributed by atoms with Gasteiger partial charge in [-0.3, -0.25) is 9.59 Å². The molecule has 2 rings (SSSR count). The van der Waals surface area contributed by atoms with Crippen LogP contribution in [-0.2, 0) is 9.59 Å². The van der Waals surface area contributed by atoms with Gasteiger partial charge >= 0.3 is 0 Å². The summed E-state index contributed by atoms with van der Waals surface area (Å²) < 4.78 is 0. The summed E-state index contributed by atoms with van der Waals surface area (Å²) >= 11 is 0. The van der Waals surface area contributed by atoms with Crippen LogP contribution in [0, 0.1) is 11.8 Å². The molecule has 2 unspecified atom stereocenters. The summed E-state index contributed by atoms with van der Waals surface area (Å²) in [5.41, 5.74) is 0. The Morgan fingerprint density at radius 1 is 1.09 bits per heavy atom. The molecule has 5 nitrogen and oxygen atoms in total. The average Bonchev–Trinajstić information content (AvgIpc) is 2.55. The first-order valence-corrected chi connectivity index (χ1v) is 9.33. The Morgan fingerprint density at radius 3 is 2.48 bits per heavy atom. The highest BCUT2D eigenvalue weighted by Crippen LogP contribution is 2.26. The number of nitrogens with zero attached hydrogens (tertiary/aromatic N) is 1. The maximum absolute atomic E-state index is 12.6. The minimum Gasteiger partial charge on any atom is -0.345 e. The highest BCUT2D eigenvalue weighted by Gasteiger charge is 2.27. The SMILES string of the molecule is CNCC1CCCN(C(=O)C(C)NC(=O)CC2CCCCC2)C1. The third-order valence-corrected chi connectivity index (χ3v) is 5.27. The van der Waals surface area contributed by atoms with Gasteiger partial charge in [0.15, 0.2) is 0 Å². The number of hydrogen-bond acceptors (Lipinski definition) is 3. The van der Waals surface area contributed by atoms with Crippen molar-refractivity contribution in [1.82, 2.24) is 15.5 Å². The summed E-state index contributed by atoms with van der Waals surface area (Å²) in [4.78, 5) is 26.7. The minimum absolute atomic E-state index is 0.0431. The van der Waals surface area contributed by atoms with Crippen LogP contribution in [0.1, 0.15) is 58.3 Å². The Hall–Kier alpha value is -1.10. The highest BCUT2D eigenvalue weighted by molar-refractivity contribution is 5.87. The van der Waals surface area contributed by atoms with E-state index in [-0.39, 0.29) is 11.8 Å². The van der Waals surface area contributed by atoms with Crippen molar-refractivity contribution < 1.29 is 9.59 Å². The van der Waals surface area contributed by atoms with Crippen LogP contribution in [0.4, 0.5) is 0 Å². The fraction of sp³-hybridized carbons (Fsp3) is 0.889. The molecule has 5 heteroatoms. The monoisotopic (exact) mass is 323 g/mol. The fourth-order valence-electron chi connectivity index (χ4n) is 4.01. The van der Waals surface area contributed by atoms with E-state index in [0.29, 0.717) is 18.3 Å². The number of carbonyl (C=O) groups excluding carboxylic acids is 2. The summed E-state index contributed by atoms with van der Waals surface area (Å²) in [5, 5.41) is 6.12. The van der Waals surface area contributed by atoms with Crippen molar-refractivity contribution in [2.24, 2.45) is 11.8 Å². The first kappa shape index (κ1) is 18.2. The quantitative estimate of drug-likeness (QED) is 0.785. The first-order valence-electron chi connectivity index (χ1n) is 9.33. The molecule has 0 spiro atoms. The summed E-state index contributed by atoms with van der Waals surface area (Å²) in [7, 11) is 1.95. The van der Waals surface area contributed by atoms with E-state index in [1.54, 1.807) is 0 Å². The first-order chi connectivity index (χ1) is 11.1. The van der Waals surface area contributed by atoms with Gasteiger partial charge in [-0.05, 0) is 58.0 Å². The van der Waals surface area contributed by atoms with Gasteiger partial charge in [-0.2, -0.15) is 0 Å². The number of likely N-dealkylation sites (tertiary alicyclic amines) is 1. The zero-order chi connectivity index (χ0) is 16.7. The highest BCUT2D eigenvalue weighted by atomic mass is 16.2.